The lowest BCUT2D eigenvalue weighted by Gasteiger charge is -2.37. The van der Waals surface area contributed by atoms with E-state index in [0.717, 1.165) is 12.8 Å². The van der Waals surface area contributed by atoms with E-state index in [1.54, 1.807) is 28.0 Å². The highest BCUT2D eigenvalue weighted by molar-refractivity contribution is 5.82. The van der Waals surface area contributed by atoms with Crippen LogP contribution in [0.2, 0.25) is 0 Å². The molecule has 1 saturated heterocycles. The van der Waals surface area contributed by atoms with Crippen LogP contribution in [0.25, 0.3) is 0 Å². The van der Waals surface area contributed by atoms with Crippen molar-refractivity contribution in [3.05, 3.63) is 35.6 Å². The van der Waals surface area contributed by atoms with Gasteiger partial charge >= 0.3 is 5.97 Å². The molecule has 1 N–H and O–H groups in total. The first-order valence-corrected chi connectivity index (χ1v) is 9.48. The third-order valence-electron chi connectivity index (χ3n) is 5.62. The van der Waals surface area contributed by atoms with Gasteiger partial charge in [-0.05, 0) is 30.9 Å². The van der Waals surface area contributed by atoms with Crippen LogP contribution in [0.15, 0.2) is 24.3 Å². The average Bonchev–Trinajstić information content (AvgIpc) is 2.69. The zero-order chi connectivity index (χ0) is 19.4. The van der Waals surface area contributed by atoms with Crippen molar-refractivity contribution in [2.45, 2.75) is 32.1 Å². The predicted octanol–water partition coefficient (Wildman–Crippen LogP) is 1.93. The van der Waals surface area contributed by atoms with Crippen molar-refractivity contribution < 1.29 is 23.9 Å². The van der Waals surface area contributed by atoms with Crippen molar-refractivity contribution in [1.82, 2.24) is 9.80 Å². The topological polar surface area (TPSA) is 77.9 Å². The maximum absolute atomic E-state index is 13.7. The monoisotopic (exact) mass is 376 g/mol. The summed E-state index contributed by atoms with van der Waals surface area (Å²) in [6.45, 7) is 1.73. The van der Waals surface area contributed by atoms with Gasteiger partial charge in [-0.1, -0.05) is 24.6 Å². The molecule has 0 bridgehead atoms. The second-order valence-electron chi connectivity index (χ2n) is 7.37. The Morgan fingerprint density at radius 2 is 1.63 bits per heavy atom. The van der Waals surface area contributed by atoms with E-state index in [2.05, 4.69) is 0 Å². The number of piperazine rings is 1. The summed E-state index contributed by atoms with van der Waals surface area (Å²) in [6.07, 6.45) is 2.55. The summed E-state index contributed by atoms with van der Waals surface area (Å²) >= 11 is 0. The number of carboxylic acid groups (broad SMARTS) is 1. The Labute approximate surface area is 157 Å². The Bertz CT molecular complexity index is 716. The fourth-order valence-electron chi connectivity index (χ4n) is 3.99. The number of hydrogen-bond donors (Lipinski definition) is 1. The number of amides is 2. The lowest BCUT2D eigenvalue weighted by atomic mass is 9.80. The largest absolute Gasteiger partial charge is 0.481 e. The molecule has 1 aliphatic carbocycles. The van der Waals surface area contributed by atoms with Gasteiger partial charge < -0.3 is 14.9 Å². The van der Waals surface area contributed by atoms with Gasteiger partial charge in [0, 0.05) is 32.1 Å². The van der Waals surface area contributed by atoms with Crippen LogP contribution in [0.5, 0.6) is 0 Å². The molecule has 0 radical (unpaired) electrons. The van der Waals surface area contributed by atoms with Gasteiger partial charge in [-0.15, -0.1) is 0 Å². The van der Waals surface area contributed by atoms with Crippen LogP contribution in [-0.2, 0) is 20.8 Å². The van der Waals surface area contributed by atoms with Crippen LogP contribution < -0.4 is 0 Å². The number of hydrogen-bond acceptors (Lipinski definition) is 3. The van der Waals surface area contributed by atoms with Gasteiger partial charge in [-0.3, -0.25) is 14.4 Å². The Morgan fingerprint density at radius 3 is 2.30 bits per heavy atom. The molecule has 2 unspecified atom stereocenters. The first kappa shape index (κ1) is 19.3. The van der Waals surface area contributed by atoms with Crippen molar-refractivity contribution in [2.75, 3.05) is 26.2 Å². The summed E-state index contributed by atoms with van der Waals surface area (Å²) in [5, 5.41) is 9.19. The summed E-state index contributed by atoms with van der Waals surface area (Å²) in [7, 11) is 0. The van der Waals surface area contributed by atoms with Gasteiger partial charge in [0.15, 0.2) is 0 Å². The molecule has 1 aromatic rings. The Balaban J connectivity index is 1.51. The Hall–Kier alpha value is -2.44. The molecule has 1 heterocycles. The van der Waals surface area contributed by atoms with Gasteiger partial charge in [0.1, 0.15) is 5.82 Å². The van der Waals surface area contributed by atoms with Crippen molar-refractivity contribution in [3.63, 3.8) is 0 Å². The quantitative estimate of drug-likeness (QED) is 0.871. The third-order valence-corrected chi connectivity index (χ3v) is 5.62. The molecule has 146 valence electrons. The molecule has 0 spiro atoms. The van der Waals surface area contributed by atoms with E-state index >= 15 is 0 Å². The van der Waals surface area contributed by atoms with Gasteiger partial charge in [0.2, 0.25) is 11.8 Å². The summed E-state index contributed by atoms with van der Waals surface area (Å²) in [5.41, 5.74) is 0.378. The van der Waals surface area contributed by atoms with Crippen LogP contribution in [0.4, 0.5) is 4.39 Å². The molecule has 1 saturated carbocycles. The molecule has 3 rings (SSSR count). The molecule has 1 aromatic carbocycles. The van der Waals surface area contributed by atoms with E-state index in [9.17, 15) is 23.9 Å². The number of benzene rings is 1. The fourth-order valence-corrected chi connectivity index (χ4v) is 3.99. The van der Waals surface area contributed by atoms with E-state index in [1.807, 2.05) is 0 Å². The second-order valence-corrected chi connectivity index (χ2v) is 7.37. The third kappa shape index (κ3) is 4.64. The molecule has 2 amide bonds. The number of aliphatic carboxylic acids is 1. The minimum absolute atomic E-state index is 0.00199. The van der Waals surface area contributed by atoms with E-state index in [4.69, 9.17) is 0 Å². The minimum Gasteiger partial charge on any atom is -0.481 e. The number of nitrogens with zero attached hydrogens (tertiary/aromatic N) is 2. The van der Waals surface area contributed by atoms with Crippen molar-refractivity contribution in [3.8, 4) is 0 Å². The van der Waals surface area contributed by atoms with E-state index in [-0.39, 0.29) is 30.0 Å². The molecule has 2 aliphatic rings. The number of carbonyl (C=O) groups is 3. The highest BCUT2D eigenvalue weighted by Crippen LogP contribution is 2.30. The molecule has 6 nitrogen and oxygen atoms in total. The maximum atomic E-state index is 13.7. The van der Waals surface area contributed by atoms with Gasteiger partial charge in [0.25, 0.3) is 0 Å². The lowest BCUT2D eigenvalue weighted by Crippen LogP contribution is -2.52. The fraction of sp³-hybridized carbons (Fsp3) is 0.550. The van der Waals surface area contributed by atoms with Crippen molar-refractivity contribution in [1.29, 1.82) is 0 Å². The first-order chi connectivity index (χ1) is 13.0. The molecule has 1 aliphatic heterocycles. The predicted molar refractivity (Wildman–Crippen MR) is 96.3 cm³/mol. The number of rotatable bonds is 4. The highest BCUT2D eigenvalue weighted by Gasteiger charge is 2.34. The highest BCUT2D eigenvalue weighted by atomic mass is 19.1. The van der Waals surface area contributed by atoms with E-state index in [1.165, 1.54) is 6.07 Å². The number of halogens is 1. The Kier molecular flexibility index (Phi) is 6.08. The van der Waals surface area contributed by atoms with Crippen molar-refractivity contribution >= 4 is 17.8 Å². The van der Waals surface area contributed by atoms with Crippen LogP contribution >= 0.6 is 0 Å². The van der Waals surface area contributed by atoms with E-state index < -0.39 is 11.9 Å². The normalized spacial score (nSPS) is 23.1. The van der Waals surface area contributed by atoms with E-state index in [0.29, 0.717) is 44.6 Å². The zero-order valence-electron chi connectivity index (χ0n) is 15.3. The summed E-state index contributed by atoms with van der Waals surface area (Å²) in [5.74, 6) is -2.02. The first-order valence-electron chi connectivity index (χ1n) is 9.48. The minimum atomic E-state index is -0.823. The van der Waals surface area contributed by atoms with Crippen molar-refractivity contribution in [2.24, 2.45) is 11.8 Å². The molecule has 2 atom stereocenters. The molecule has 7 heteroatoms. The molecular formula is C20H25FN2O4. The van der Waals surface area contributed by atoms with Crippen LogP contribution in [0.1, 0.15) is 31.2 Å². The zero-order valence-corrected chi connectivity index (χ0v) is 15.3. The SMILES string of the molecule is O=C(O)C1CCCC(C(=O)N2CCN(C(=O)Cc3ccccc3F)CC2)C1. The lowest BCUT2D eigenvalue weighted by molar-refractivity contribution is -0.147. The maximum Gasteiger partial charge on any atom is 0.306 e. The molecule has 2 fully saturated rings. The van der Waals surface area contributed by atoms with Crippen LogP contribution in [-0.4, -0.2) is 58.9 Å². The smallest absolute Gasteiger partial charge is 0.306 e. The number of carboxylic acids is 1. The molecular weight excluding hydrogens is 351 g/mol. The van der Waals surface area contributed by atoms with Gasteiger partial charge in [-0.25, -0.2) is 4.39 Å². The van der Waals surface area contributed by atoms with Gasteiger partial charge in [-0.2, -0.15) is 0 Å². The summed E-state index contributed by atoms with van der Waals surface area (Å²) in [6, 6.07) is 6.24. The van der Waals surface area contributed by atoms with Crippen LogP contribution in [0, 0.1) is 17.7 Å². The Morgan fingerprint density at radius 1 is 1.00 bits per heavy atom. The standard InChI is InChI=1S/C20H25FN2O4/c21-17-7-2-1-4-14(17)13-18(24)22-8-10-23(11-9-22)19(25)15-5-3-6-16(12-15)20(26)27/h1-2,4,7,15-16H,3,5-6,8-13H2,(H,26,27). The molecule has 0 aromatic heterocycles. The average molecular weight is 376 g/mol. The molecule has 27 heavy (non-hydrogen) atoms. The summed E-state index contributed by atoms with van der Waals surface area (Å²) in [4.78, 5) is 39.7. The summed E-state index contributed by atoms with van der Waals surface area (Å²) < 4.78 is 13.7. The van der Waals surface area contributed by atoms with Gasteiger partial charge in [0.05, 0.1) is 12.3 Å². The van der Waals surface area contributed by atoms with Crippen LogP contribution in [0.3, 0.4) is 0 Å². The number of carbonyl (C=O) groups excluding carboxylic acids is 2. The second kappa shape index (κ2) is 8.50.